The Morgan fingerprint density at radius 3 is 1.14 bits per heavy atom. The van der Waals surface area contributed by atoms with E-state index in [0.29, 0.717) is 0 Å². The van der Waals surface area contributed by atoms with Gasteiger partial charge in [-0.25, -0.2) is 0 Å². The third kappa shape index (κ3) is 10.9. The van der Waals surface area contributed by atoms with E-state index in [4.69, 9.17) is 28.0 Å². The fourth-order valence-electron chi connectivity index (χ4n) is 2.15. The van der Waals surface area contributed by atoms with Crippen LogP contribution in [-0.2, 0) is 47.4 Å². The average Bonchev–Trinajstić information content (AvgIpc) is 2.85. The van der Waals surface area contributed by atoms with Gasteiger partial charge >= 0.3 is 177 Å². The molecule has 0 amide bonds. The van der Waals surface area contributed by atoms with Crippen LogP contribution < -0.4 is 10.4 Å². The van der Waals surface area contributed by atoms with Gasteiger partial charge in [-0.3, -0.25) is 0 Å². The number of hydrogen-bond acceptors (Lipinski definition) is 1. The Balaban J connectivity index is -0.000000251. The van der Waals surface area contributed by atoms with Crippen LogP contribution in [0.15, 0.2) is 60.7 Å². The predicted octanol–water partition coefficient (Wildman–Crippen LogP) is 1.55. The molecule has 0 spiro atoms. The van der Waals surface area contributed by atoms with Crippen LogP contribution in [0.25, 0.3) is 0 Å². The van der Waals surface area contributed by atoms with Crippen molar-refractivity contribution in [1.82, 2.24) is 0 Å². The predicted molar refractivity (Wildman–Crippen MR) is 95.4 cm³/mol. The maximum atomic E-state index is 7.50. The molecule has 8 heteroatoms. The molecule has 0 aromatic heterocycles. The molecule has 142 valence electrons. The van der Waals surface area contributed by atoms with Gasteiger partial charge in [-0.1, -0.05) is 0 Å². The molecule has 2 rings (SSSR count). The maximum absolute atomic E-state index is 7.50. The third-order valence-electron chi connectivity index (χ3n) is 3.30. The molecule has 0 saturated carbocycles. The summed E-state index contributed by atoms with van der Waals surface area (Å²) in [6.45, 7) is 24.9. The summed E-state index contributed by atoms with van der Waals surface area (Å²) in [6, 6.07) is 21.5. The minimum atomic E-state index is -1.87. The minimum absolute atomic E-state index is 1.22. The standard InChI is InChI=1S/C15H16OSi.5CO.W/c1-16-13-17(2,14-9-5-3-6-10-14)15-11-7-4-8-12-15;5*1-2;/h3-12H,1-2H3;;;;;;. The Morgan fingerprint density at radius 1 is 0.679 bits per heavy atom. The van der Waals surface area contributed by atoms with Crippen molar-refractivity contribution in [2.45, 2.75) is 6.55 Å². The number of methoxy groups -OCH3 is 1. The molecule has 0 aliphatic heterocycles. The van der Waals surface area contributed by atoms with E-state index in [1.807, 2.05) is 0 Å². The third-order valence-corrected chi connectivity index (χ3v) is 12.3. The van der Waals surface area contributed by atoms with Crippen LogP contribution >= 0.6 is 0 Å². The van der Waals surface area contributed by atoms with Gasteiger partial charge in [0, 0.05) is 0 Å². The van der Waals surface area contributed by atoms with Crippen LogP contribution in [0.2, 0.25) is 6.55 Å². The van der Waals surface area contributed by atoms with E-state index in [0.717, 1.165) is 0 Å². The van der Waals surface area contributed by atoms with Crippen LogP contribution in [0, 0.1) is 33.3 Å². The topological polar surface area (TPSA) is 109 Å². The number of benzene rings is 2. The second-order valence-corrected chi connectivity index (χ2v) is 11.0. The van der Waals surface area contributed by atoms with Gasteiger partial charge in [-0.05, 0) is 0 Å². The van der Waals surface area contributed by atoms with Crippen molar-refractivity contribution in [1.29, 1.82) is 0 Å². The van der Waals surface area contributed by atoms with E-state index in [1.54, 1.807) is 7.11 Å². The van der Waals surface area contributed by atoms with Crippen LogP contribution in [0.1, 0.15) is 0 Å². The molecular formula is C20H16O6SiW. The summed E-state index contributed by atoms with van der Waals surface area (Å²) < 4.78 is 44.4. The summed E-state index contributed by atoms with van der Waals surface area (Å²) in [7, 11) is -0.0824. The van der Waals surface area contributed by atoms with Crippen molar-refractivity contribution >= 4 is 22.2 Å². The van der Waals surface area contributed by atoms with Crippen molar-refractivity contribution in [2.75, 3.05) is 7.11 Å². The molecule has 0 saturated heterocycles. The van der Waals surface area contributed by atoms with E-state index < -0.39 is 8.07 Å². The van der Waals surface area contributed by atoms with Crippen molar-refractivity contribution in [3.63, 3.8) is 0 Å². The normalized spacial score (nSPS) is 7.57. The molecule has 0 atom stereocenters. The van der Waals surface area contributed by atoms with Gasteiger partial charge in [0.2, 0.25) is 0 Å². The van der Waals surface area contributed by atoms with E-state index in [1.165, 1.54) is 33.4 Å². The Bertz CT molecular complexity index is 662. The molecule has 0 aliphatic rings. The van der Waals surface area contributed by atoms with Gasteiger partial charge in [-0.2, -0.15) is 0 Å². The van der Waals surface area contributed by atoms with E-state index in [2.05, 4.69) is 100 Å². The molecule has 0 bridgehead atoms. The molecule has 0 radical (unpaired) electrons. The Morgan fingerprint density at radius 2 is 0.929 bits per heavy atom. The molecule has 0 fully saturated rings. The summed E-state index contributed by atoms with van der Waals surface area (Å²) >= 11 is 1.43. The first kappa shape index (κ1) is 33.5. The first-order valence-electron chi connectivity index (χ1n) is 6.91. The fourth-order valence-corrected chi connectivity index (χ4v) is 7.62. The van der Waals surface area contributed by atoms with E-state index >= 15 is 0 Å². The molecule has 0 N–H and O–H groups in total. The monoisotopic (exact) mass is 564 g/mol. The van der Waals surface area contributed by atoms with Gasteiger partial charge in [0.15, 0.2) is 0 Å². The van der Waals surface area contributed by atoms with Gasteiger partial charge < -0.3 is 0 Å². The van der Waals surface area contributed by atoms with Gasteiger partial charge in [0.25, 0.3) is 0 Å². The Kier molecular flexibility index (Phi) is 29.7. The van der Waals surface area contributed by atoms with Crippen LogP contribution in [0.3, 0.4) is 0 Å². The summed E-state index contributed by atoms with van der Waals surface area (Å²) in [5, 5.41) is 2.81. The number of ether oxygens (including phenoxy) is 1. The number of hydrogen-bond donors (Lipinski definition) is 0. The zero-order valence-electron chi connectivity index (χ0n) is 15.1. The first-order chi connectivity index (χ1) is 13.7. The SMILES string of the molecule is CO[C](=[W])[Si](C)(c1ccccc1)c1ccccc1.[C-]#[O+].[C-]#[O+].[C-]#[O+].[C-]#[O+].[C-]#[O+]. The zero-order valence-corrected chi connectivity index (χ0v) is 19.1. The van der Waals surface area contributed by atoms with Crippen LogP contribution in [0.5, 0.6) is 0 Å². The molecule has 2 aromatic rings. The molecule has 6 nitrogen and oxygen atoms in total. The summed E-state index contributed by atoms with van der Waals surface area (Å²) in [5.74, 6) is 0. The fraction of sp³-hybridized carbons (Fsp3) is 0.100. The molecule has 28 heavy (non-hydrogen) atoms. The molecular weight excluding hydrogens is 548 g/mol. The Labute approximate surface area is 176 Å². The van der Waals surface area contributed by atoms with Crippen molar-refractivity contribution in [3.05, 3.63) is 93.9 Å². The number of rotatable bonds is 4. The van der Waals surface area contributed by atoms with Crippen molar-refractivity contribution in [3.8, 4) is 0 Å². The molecule has 0 heterocycles. The van der Waals surface area contributed by atoms with Crippen molar-refractivity contribution in [2.24, 2.45) is 0 Å². The summed E-state index contributed by atoms with van der Waals surface area (Å²) in [5.41, 5.74) is 0. The quantitative estimate of drug-likeness (QED) is 0.314. The van der Waals surface area contributed by atoms with Crippen LogP contribution in [0.4, 0.5) is 0 Å². The van der Waals surface area contributed by atoms with Gasteiger partial charge in [0.1, 0.15) is 0 Å². The first-order valence-corrected chi connectivity index (χ1v) is 10.9. The van der Waals surface area contributed by atoms with E-state index in [9.17, 15) is 0 Å². The van der Waals surface area contributed by atoms with Gasteiger partial charge in [-0.15, -0.1) is 0 Å². The molecule has 0 unspecified atom stereocenters. The van der Waals surface area contributed by atoms with Gasteiger partial charge in [0.05, 0.1) is 0 Å². The molecule has 0 aliphatic carbocycles. The molecule has 2 aromatic carbocycles. The second-order valence-electron chi connectivity index (χ2n) is 4.35. The Hall–Kier alpha value is -2.12. The van der Waals surface area contributed by atoms with Crippen LogP contribution in [-0.4, -0.2) is 18.9 Å². The zero-order chi connectivity index (χ0) is 23.0. The second kappa shape index (κ2) is 24.9. The summed E-state index contributed by atoms with van der Waals surface area (Å²) in [6.07, 6.45) is 0. The summed E-state index contributed by atoms with van der Waals surface area (Å²) in [4.78, 5) is 0. The van der Waals surface area contributed by atoms with Crippen molar-refractivity contribution < 1.29 is 47.4 Å². The average molecular weight is 564 g/mol. The van der Waals surface area contributed by atoms with E-state index in [-0.39, 0.29) is 0 Å².